The Balaban J connectivity index is 2.99. The lowest BCUT2D eigenvalue weighted by atomic mass is 10.1. The molecule has 0 saturated carbocycles. The SMILES string of the molecule is CN(C)C(=O)C(C)(C)NS(=O)(=O)c1ccc(OC(F)(F)F)cc1. The second-order valence-electron chi connectivity index (χ2n) is 5.45. The first-order chi connectivity index (χ1) is 10.2. The van der Waals surface area contributed by atoms with Crippen molar-refractivity contribution in [2.24, 2.45) is 0 Å². The van der Waals surface area contributed by atoms with Gasteiger partial charge in [-0.25, -0.2) is 8.42 Å². The number of nitrogens with one attached hydrogen (secondary N) is 1. The monoisotopic (exact) mass is 354 g/mol. The molecule has 0 bridgehead atoms. The highest BCUT2D eigenvalue weighted by molar-refractivity contribution is 7.89. The van der Waals surface area contributed by atoms with Gasteiger partial charge in [-0.3, -0.25) is 4.79 Å². The lowest BCUT2D eigenvalue weighted by Crippen LogP contribution is -2.54. The smallest absolute Gasteiger partial charge is 0.406 e. The third-order valence-electron chi connectivity index (χ3n) is 2.70. The first kappa shape index (κ1) is 19.2. The van der Waals surface area contributed by atoms with E-state index in [-0.39, 0.29) is 4.90 Å². The number of likely N-dealkylation sites (N-methyl/N-ethyl adjacent to an activating group) is 1. The van der Waals surface area contributed by atoms with Crippen LogP contribution in [0.5, 0.6) is 5.75 Å². The molecule has 1 aromatic carbocycles. The fourth-order valence-corrected chi connectivity index (χ4v) is 3.19. The molecule has 1 amide bonds. The lowest BCUT2D eigenvalue weighted by molar-refractivity contribution is -0.274. The summed E-state index contributed by atoms with van der Waals surface area (Å²) in [4.78, 5) is 12.9. The molecule has 0 spiro atoms. The highest BCUT2D eigenvalue weighted by atomic mass is 32.2. The largest absolute Gasteiger partial charge is 0.573 e. The van der Waals surface area contributed by atoms with E-state index in [4.69, 9.17) is 0 Å². The molecule has 0 aliphatic rings. The molecule has 0 fully saturated rings. The number of carbonyl (C=O) groups excluding carboxylic acids is 1. The molecule has 0 aliphatic carbocycles. The second kappa shape index (κ2) is 6.36. The van der Waals surface area contributed by atoms with E-state index in [1.54, 1.807) is 0 Å². The van der Waals surface area contributed by atoms with Crippen LogP contribution in [0.25, 0.3) is 0 Å². The van der Waals surface area contributed by atoms with Crippen LogP contribution >= 0.6 is 0 Å². The number of rotatable bonds is 5. The van der Waals surface area contributed by atoms with Crippen LogP contribution in [0.2, 0.25) is 0 Å². The van der Waals surface area contributed by atoms with Crippen LogP contribution < -0.4 is 9.46 Å². The van der Waals surface area contributed by atoms with Crippen LogP contribution in [0.1, 0.15) is 13.8 Å². The molecule has 130 valence electrons. The lowest BCUT2D eigenvalue weighted by Gasteiger charge is -2.27. The molecule has 1 aromatic rings. The molecule has 23 heavy (non-hydrogen) atoms. The summed E-state index contributed by atoms with van der Waals surface area (Å²) in [6.07, 6.45) is -4.86. The topological polar surface area (TPSA) is 75.7 Å². The van der Waals surface area contributed by atoms with Crippen molar-refractivity contribution in [3.05, 3.63) is 24.3 Å². The number of sulfonamides is 1. The number of hydrogen-bond acceptors (Lipinski definition) is 4. The maximum absolute atomic E-state index is 12.2. The van der Waals surface area contributed by atoms with E-state index in [0.29, 0.717) is 0 Å². The van der Waals surface area contributed by atoms with Crippen LogP contribution in [-0.4, -0.2) is 45.2 Å². The maximum Gasteiger partial charge on any atom is 0.573 e. The first-order valence-corrected chi connectivity index (χ1v) is 7.84. The van der Waals surface area contributed by atoms with Crippen molar-refractivity contribution in [1.82, 2.24) is 9.62 Å². The average Bonchev–Trinajstić information content (AvgIpc) is 2.35. The molecule has 1 rings (SSSR count). The van der Waals surface area contributed by atoms with Crippen molar-refractivity contribution in [3.63, 3.8) is 0 Å². The Labute approximate surface area is 132 Å². The summed E-state index contributed by atoms with van der Waals surface area (Å²) in [5, 5.41) is 0. The minimum Gasteiger partial charge on any atom is -0.406 e. The minimum absolute atomic E-state index is 0.286. The second-order valence-corrected chi connectivity index (χ2v) is 7.13. The molecule has 0 atom stereocenters. The Morgan fingerprint density at radius 3 is 2.00 bits per heavy atom. The van der Waals surface area contributed by atoms with Gasteiger partial charge in [0.2, 0.25) is 15.9 Å². The summed E-state index contributed by atoms with van der Waals surface area (Å²) in [6, 6.07) is 3.67. The minimum atomic E-state index is -4.86. The van der Waals surface area contributed by atoms with Crippen LogP contribution in [0.4, 0.5) is 13.2 Å². The molecular formula is C13H17F3N2O4S. The number of halogens is 3. The Hall–Kier alpha value is -1.81. The van der Waals surface area contributed by atoms with E-state index in [1.807, 2.05) is 0 Å². The molecule has 0 radical (unpaired) electrons. The zero-order chi connectivity index (χ0) is 18.1. The van der Waals surface area contributed by atoms with Gasteiger partial charge in [-0.1, -0.05) is 0 Å². The van der Waals surface area contributed by atoms with E-state index < -0.39 is 33.6 Å². The van der Waals surface area contributed by atoms with Gasteiger partial charge < -0.3 is 9.64 Å². The summed E-state index contributed by atoms with van der Waals surface area (Å²) in [6.45, 7) is 2.77. The van der Waals surface area contributed by atoms with Gasteiger partial charge in [-0.15, -0.1) is 13.2 Å². The Kier molecular flexibility index (Phi) is 5.32. The number of benzene rings is 1. The van der Waals surface area contributed by atoms with Crippen molar-refractivity contribution in [3.8, 4) is 5.75 Å². The van der Waals surface area contributed by atoms with Crippen LogP contribution in [-0.2, 0) is 14.8 Å². The molecule has 6 nitrogen and oxygen atoms in total. The van der Waals surface area contributed by atoms with Gasteiger partial charge in [-0.2, -0.15) is 4.72 Å². The third kappa shape index (κ3) is 5.39. The predicted octanol–water partition coefficient (Wildman–Crippen LogP) is 1.73. The fourth-order valence-electron chi connectivity index (χ4n) is 1.82. The fraction of sp³-hybridized carbons (Fsp3) is 0.462. The highest BCUT2D eigenvalue weighted by Gasteiger charge is 2.35. The number of nitrogens with zero attached hydrogens (tertiary/aromatic N) is 1. The Bertz CT molecular complexity index is 667. The maximum atomic E-state index is 12.2. The van der Waals surface area contributed by atoms with Crippen molar-refractivity contribution < 1.29 is 31.1 Å². The summed E-state index contributed by atoms with van der Waals surface area (Å²) in [5.41, 5.74) is -1.41. The van der Waals surface area contributed by atoms with Gasteiger partial charge in [-0.05, 0) is 38.1 Å². The summed E-state index contributed by atoms with van der Waals surface area (Å²) >= 11 is 0. The van der Waals surface area contributed by atoms with Crippen molar-refractivity contribution in [2.45, 2.75) is 30.6 Å². The standard InChI is InChI=1S/C13H17F3N2O4S/c1-12(2,11(19)18(3)4)17-23(20,21)10-7-5-9(6-8-10)22-13(14,15)16/h5-8,17H,1-4H3. The molecule has 10 heteroatoms. The van der Waals surface area contributed by atoms with Gasteiger partial charge in [0.05, 0.1) is 4.90 Å². The summed E-state index contributed by atoms with van der Waals surface area (Å²) < 4.78 is 66.5. The van der Waals surface area contributed by atoms with Crippen molar-refractivity contribution in [1.29, 1.82) is 0 Å². The number of carbonyl (C=O) groups is 1. The molecule has 0 aliphatic heterocycles. The van der Waals surface area contributed by atoms with Gasteiger partial charge in [0, 0.05) is 14.1 Å². The van der Waals surface area contributed by atoms with Crippen molar-refractivity contribution in [2.75, 3.05) is 14.1 Å². The van der Waals surface area contributed by atoms with E-state index in [0.717, 1.165) is 24.3 Å². The Morgan fingerprint density at radius 1 is 1.13 bits per heavy atom. The zero-order valence-corrected chi connectivity index (χ0v) is 13.7. The van der Waals surface area contributed by atoms with E-state index in [2.05, 4.69) is 9.46 Å². The number of alkyl halides is 3. The molecular weight excluding hydrogens is 337 g/mol. The highest BCUT2D eigenvalue weighted by Crippen LogP contribution is 2.24. The number of ether oxygens (including phenoxy) is 1. The van der Waals surface area contributed by atoms with Crippen LogP contribution in [0.15, 0.2) is 29.2 Å². The van der Waals surface area contributed by atoms with Crippen LogP contribution in [0.3, 0.4) is 0 Å². The Morgan fingerprint density at radius 2 is 1.61 bits per heavy atom. The van der Waals surface area contributed by atoms with E-state index in [9.17, 15) is 26.4 Å². The summed E-state index contributed by atoms with van der Waals surface area (Å²) in [5.74, 6) is -1.02. The summed E-state index contributed by atoms with van der Waals surface area (Å²) in [7, 11) is -1.14. The van der Waals surface area contributed by atoms with Crippen LogP contribution in [0, 0.1) is 0 Å². The molecule has 0 saturated heterocycles. The third-order valence-corrected chi connectivity index (χ3v) is 4.37. The zero-order valence-electron chi connectivity index (χ0n) is 12.9. The van der Waals surface area contributed by atoms with Gasteiger partial charge >= 0.3 is 6.36 Å². The molecule has 0 heterocycles. The van der Waals surface area contributed by atoms with Gasteiger partial charge in [0.15, 0.2) is 0 Å². The molecule has 1 N–H and O–H groups in total. The number of hydrogen-bond donors (Lipinski definition) is 1. The quantitative estimate of drug-likeness (QED) is 0.874. The van der Waals surface area contributed by atoms with Gasteiger partial charge in [0.1, 0.15) is 11.3 Å². The normalized spacial score (nSPS) is 12.8. The molecule has 0 unspecified atom stereocenters. The average molecular weight is 354 g/mol. The van der Waals surface area contributed by atoms with Crippen molar-refractivity contribution >= 4 is 15.9 Å². The van der Waals surface area contributed by atoms with Gasteiger partial charge in [0.25, 0.3) is 0 Å². The first-order valence-electron chi connectivity index (χ1n) is 6.36. The molecule has 0 aromatic heterocycles. The number of amides is 1. The van der Waals surface area contributed by atoms with E-state index >= 15 is 0 Å². The predicted molar refractivity (Wildman–Crippen MR) is 76.2 cm³/mol. The van der Waals surface area contributed by atoms with E-state index in [1.165, 1.54) is 32.8 Å².